The van der Waals surface area contributed by atoms with Crippen molar-refractivity contribution in [1.82, 2.24) is 9.21 Å². The standard InChI is InChI=1S/C18H17Cl2FN2O3S/c19-14-6-5-13(15(20)12-14)11-18(24)22-7-9-23(10-8-22)27(25,26)17-4-2-1-3-16(17)21/h1-6,12H,7-11H2. The summed E-state index contributed by atoms with van der Waals surface area (Å²) >= 11 is 12.0. The fourth-order valence-corrected chi connectivity index (χ4v) is 4.87. The number of hydrogen-bond acceptors (Lipinski definition) is 3. The lowest BCUT2D eigenvalue weighted by Gasteiger charge is -2.34. The van der Waals surface area contributed by atoms with Gasteiger partial charge in [0.2, 0.25) is 15.9 Å². The van der Waals surface area contributed by atoms with Crippen molar-refractivity contribution in [2.75, 3.05) is 26.2 Å². The Kier molecular flexibility index (Phi) is 6.05. The smallest absolute Gasteiger partial charge is 0.246 e. The van der Waals surface area contributed by atoms with Gasteiger partial charge in [0.15, 0.2) is 0 Å². The van der Waals surface area contributed by atoms with Gasteiger partial charge in [-0.1, -0.05) is 41.4 Å². The van der Waals surface area contributed by atoms with Crippen molar-refractivity contribution in [1.29, 1.82) is 0 Å². The van der Waals surface area contributed by atoms with Crippen LogP contribution in [0.15, 0.2) is 47.4 Å². The molecule has 1 aliphatic rings. The molecule has 1 amide bonds. The van der Waals surface area contributed by atoms with Crippen LogP contribution in [0.5, 0.6) is 0 Å². The van der Waals surface area contributed by atoms with Crippen LogP contribution in [0.3, 0.4) is 0 Å². The molecule has 0 saturated carbocycles. The van der Waals surface area contributed by atoms with Gasteiger partial charge in [0.1, 0.15) is 10.7 Å². The fraction of sp³-hybridized carbons (Fsp3) is 0.278. The van der Waals surface area contributed by atoms with E-state index in [0.29, 0.717) is 15.6 Å². The number of benzene rings is 2. The molecule has 0 atom stereocenters. The summed E-state index contributed by atoms with van der Waals surface area (Å²) in [6.45, 7) is 0.683. The van der Waals surface area contributed by atoms with Crippen LogP contribution in [-0.4, -0.2) is 49.7 Å². The Morgan fingerprint density at radius 3 is 2.33 bits per heavy atom. The van der Waals surface area contributed by atoms with Crippen molar-refractivity contribution in [2.45, 2.75) is 11.3 Å². The van der Waals surface area contributed by atoms with Gasteiger partial charge in [-0.2, -0.15) is 4.31 Å². The summed E-state index contributed by atoms with van der Waals surface area (Å²) in [6, 6.07) is 10.2. The van der Waals surface area contributed by atoms with E-state index in [0.717, 1.165) is 6.07 Å². The second kappa shape index (κ2) is 8.14. The highest BCUT2D eigenvalue weighted by atomic mass is 35.5. The highest BCUT2D eigenvalue weighted by molar-refractivity contribution is 7.89. The van der Waals surface area contributed by atoms with E-state index < -0.39 is 15.8 Å². The number of sulfonamides is 1. The van der Waals surface area contributed by atoms with E-state index in [1.54, 1.807) is 23.1 Å². The van der Waals surface area contributed by atoms with Gasteiger partial charge < -0.3 is 4.90 Å². The predicted octanol–water partition coefficient (Wildman–Crippen LogP) is 3.21. The van der Waals surface area contributed by atoms with Crippen LogP contribution in [0.1, 0.15) is 5.56 Å². The van der Waals surface area contributed by atoms with Crippen LogP contribution in [-0.2, 0) is 21.2 Å². The lowest BCUT2D eigenvalue weighted by atomic mass is 10.1. The quantitative estimate of drug-likeness (QED) is 0.747. The lowest BCUT2D eigenvalue weighted by molar-refractivity contribution is -0.131. The second-order valence-corrected chi connectivity index (χ2v) is 8.88. The van der Waals surface area contributed by atoms with Gasteiger partial charge >= 0.3 is 0 Å². The number of piperazine rings is 1. The molecule has 2 aromatic carbocycles. The Balaban J connectivity index is 1.65. The van der Waals surface area contributed by atoms with E-state index in [9.17, 15) is 17.6 Å². The molecule has 1 fully saturated rings. The first kappa shape index (κ1) is 20.1. The summed E-state index contributed by atoms with van der Waals surface area (Å²) in [4.78, 5) is 13.7. The molecule has 1 aliphatic heterocycles. The molecule has 5 nitrogen and oxygen atoms in total. The molecule has 27 heavy (non-hydrogen) atoms. The molecule has 1 saturated heterocycles. The number of halogens is 3. The zero-order valence-corrected chi connectivity index (χ0v) is 16.6. The maximum atomic E-state index is 13.9. The maximum Gasteiger partial charge on any atom is 0.246 e. The molecule has 9 heteroatoms. The first-order valence-electron chi connectivity index (χ1n) is 8.25. The SMILES string of the molecule is O=C(Cc1ccc(Cl)cc1Cl)N1CCN(S(=O)(=O)c2ccccc2F)CC1. The normalized spacial score (nSPS) is 15.7. The van der Waals surface area contributed by atoms with Crippen LogP contribution in [0.25, 0.3) is 0 Å². The predicted molar refractivity (Wildman–Crippen MR) is 102 cm³/mol. The number of carbonyl (C=O) groups is 1. The molecular weight excluding hydrogens is 414 g/mol. The molecule has 0 aromatic heterocycles. The third-order valence-electron chi connectivity index (χ3n) is 4.40. The monoisotopic (exact) mass is 430 g/mol. The number of rotatable bonds is 4. The maximum absolute atomic E-state index is 13.9. The average Bonchev–Trinajstić information content (AvgIpc) is 2.64. The van der Waals surface area contributed by atoms with Gasteiger partial charge in [0, 0.05) is 36.2 Å². The molecule has 0 unspecified atom stereocenters. The van der Waals surface area contributed by atoms with Crippen LogP contribution >= 0.6 is 23.2 Å². The Bertz CT molecular complexity index is 961. The molecule has 1 heterocycles. The van der Waals surface area contributed by atoms with Gasteiger partial charge in [-0.15, -0.1) is 0 Å². The Labute approximate surface area is 167 Å². The zero-order valence-electron chi connectivity index (χ0n) is 14.2. The Morgan fingerprint density at radius 1 is 1.04 bits per heavy atom. The highest BCUT2D eigenvalue weighted by Gasteiger charge is 2.31. The summed E-state index contributed by atoms with van der Waals surface area (Å²) in [7, 11) is -3.93. The van der Waals surface area contributed by atoms with Gasteiger partial charge in [-0.25, -0.2) is 12.8 Å². The Morgan fingerprint density at radius 2 is 1.70 bits per heavy atom. The van der Waals surface area contributed by atoms with Gasteiger partial charge in [-0.05, 0) is 29.8 Å². The zero-order chi connectivity index (χ0) is 19.6. The fourth-order valence-electron chi connectivity index (χ4n) is 2.91. The van der Waals surface area contributed by atoms with Crippen LogP contribution < -0.4 is 0 Å². The van der Waals surface area contributed by atoms with Crippen LogP contribution in [0.4, 0.5) is 4.39 Å². The average molecular weight is 431 g/mol. The van der Waals surface area contributed by atoms with Crippen molar-refractivity contribution in [3.8, 4) is 0 Å². The molecule has 2 aromatic rings. The van der Waals surface area contributed by atoms with Crippen molar-refractivity contribution in [3.63, 3.8) is 0 Å². The first-order valence-corrected chi connectivity index (χ1v) is 10.4. The van der Waals surface area contributed by atoms with Gasteiger partial charge in [0.25, 0.3) is 0 Å². The van der Waals surface area contributed by atoms with Crippen molar-refractivity contribution in [3.05, 3.63) is 63.9 Å². The summed E-state index contributed by atoms with van der Waals surface area (Å²) in [5.41, 5.74) is 0.660. The van der Waals surface area contributed by atoms with E-state index in [1.807, 2.05) is 0 Å². The molecule has 0 bridgehead atoms. The second-order valence-electron chi connectivity index (χ2n) is 6.13. The van der Waals surface area contributed by atoms with E-state index in [1.165, 1.54) is 22.5 Å². The molecule has 3 rings (SSSR count). The van der Waals surface area contributed by atoms with E-state index in [-0.39, 0.29) is 43.4 Å². The van der Waals surface area contributed by atoms with Crippen LogP contribution in [0.2, 0.25) is 10.0 Å². The highest BCUT2D eigenvalue weighted by Crippen LogP contribution is 2.23. The number of carbonyl (C=O) groups excluding carboxylic acids is 1. The van der Waals surface area contributed by atoms with E-state index in [4.69, 9.17) is 23.2 Å². The van der Waals surface area contributed by atoms with Gasteiger partial charge in [0.05, 0.1) is 6.42 Å². The Hall–Kier alpha value is -1.67. The molecule has 144 valence electrons. The molecule has 0 aliphatic carbocycles. The topological polar surface area (TPSA) is 57.7 Å². The minimum absolute atomic E-state index is 0.107. The summed E-state index contributed by atoms with van der Waals surface area (Å²) in [5.74, 6) is -0.935. The molecular formula is C18H17Cl2FN2O3S. The molecule has 0 N–H and O–H groups in total. The van der Waals surface area contributed by atoms with Crippen molar-refractivity contribution in [2.24, 2.45) is 0 Å². The molecule has 0 spiro atoms. The van der Waals surface area contributed by atoms with E-state index >= 15 is 0 Å². The minimum atomic E-state index is -3.93. The summed E-state index contributed by atoms with van der Waals surface area (Å²) < 4.78 is 40.3. The van der Waals surface area contributed by atoms with Crippen molar-refractivity contribution >= 4 is 39.1 Å². The lowest BCUT2D eigenvalue weighted by Crippen LogP contribution is -2.51. The first-order chi connectivity index (χ1) is 12.8. The summed E-state index contributed by atoms with van der Waals surface area (Å²) in [5, 5.41) is 0.903. The third-order valence-corrected chi connectivity index (χ3v) is 6.92. The minimum Gasteiger partial charge on any atom is -0.340 e. The number of amides is 1. The number of nitrogens with zero attached hydrogens (tertiary/aromatic N) is 2. The summed E-state index contributed by atoms with van der Waals surface area (Å²) in [6.07, 6.45) is 0.107. The number of hydrogen-bond donors (Lipinski definition) is 0. The van der Waals surface area contributed by atoms with Crippen molar-refractivity contribution < 1.29 is 17.6 Å². The largest absolute Gasteiger partial charge is 0.340 e. The third kappa shape index (κ3) is 4.43. The van der Waals surface area contributed by atoms with Crippen LogP contribution in [0, 0.1) is 5.82 Å². The van der Waals surface area contributed by atoms with E-state index in [2.05, 4.69) is 0 Å². The molecule has 0 radical (unpaired) electrons. The van der Waals surface area contributed by atoms with Gasteiger partial charge in [-0.3, -0.25) is 4.79 Å².